The van der Waals surface area contributed by atoms with Crippen molar-refractivity contribution in [3.05, 3.63) is 56.5 Å². The molecule has 0 aromatic heterocycles. The Bertz CT molecular complexity index is 674. The van der Waals surface area contributed by atoms with E-state index in [0.29, 0.717) is 21.3 Å². The molecule has 5 nitrogen and oxygen atoms in total. The Balaban J connectivity index is 0.000000238. The maximum Gasteiger partial charge on any atom is 0.188 e. The topological polar surface area (TPSA) is 72.8 Å². The van der Waals surface area contributed by atoms with Gasteiger partial charge in [-0.2, -0.15) is 0 Å². The summed E-state index contributed by atoms with van der Waals surface area (Å²) in [5, 5.41) is 8.98. The van der Waals surface area contributed by atoms with E-state index in [1.54, 1.807) is 37.4 Å². The van der Waals surface area contributed by atoms with Crippen molar-refractivity contribution >= 4 is 44.4 Å². The van der Waals surface area contributed by atoms with Gasteiger partial charge < -0.3 is 14.6 Å². The Morgan fingerprint density at radius 2 is 1.57 bits per heavy atom. The predicted octanol–water partition coefficient (Wildman–Crippen LogP) is 4.21. The van der Waals surface area contributed by atoms with Crippen molar-refractivity contribution in [1.82, 2.24) is 0 Å². The number of hydrogen-bond acceptors (Lipinski definition) is 5. The van der Waals surface area contributed by atoms with Gasteiger partial charge in [0.25, 0.3) is 0 Å². The zero-order valence-corrected chi connectivity index (χ0v) is 15.3. The van der Waals surface area contributed by atoms with Gasteiger partial charge in [0.1, 0.15) is 24.1 Å². The van der Waals surface area contributed by atoms with Crippen molar-refractivity contribution in [2.45, 2.75) is 0 Å². The molecule has 0 aliphatic heterocycles. The first-order valence-electron chi connectivity index (χ1n) is 6.32. The Kier molecular flexibility index (Phi) is 8.53. The first-order chi connectivity index (χ1) is 11.0. The quantitative estimate of drug-likeness (QED) is 0.551. The van der Waals surface area contributed by atoms with E-state index in [0.717, 1.165) is 17.0 Å². The number of hydrogen-bond donors (Lipinski definition) is 1. The second-order valence-corrected chi connectivity index (χ2v) is 5.90. The first kappa shape index (κ1) is 19.3. The van der Waals surface area contributed by atoms with Gasteiger partial charge in [-0.1, -0.05) is 0 Å². The average Bonchev–Trinajstić information content (AvgIpc) is 2.56. The molecule has 2 aromatic carbocycles. The summed E-state index contributed by atoms with van der Waals surface area (Å²) in [6.07, 6.45) is 1.51. The fourth-order valence-corrected chi connectivity index (χ4v) is 2.33. The smallest absolute Gasteiger partial charge is 0.188 e. The zero-order chi connectivity index (χ0) is 17.2. The molecule has 0 unspecified atom stereocenters. The maximum absolute atomic E-state index is 10.4. The van der Waals surface area contributed by atoms with Crippen LogP contribution in [0.15, 0.2) is 45.3 Å². The van der Waals surface area contributed by atoms with Gasteiger partial charge in [0.15, 0.2) is 6.79 Å². The van der Waals surface area contributed by atoms with Crippen molar-refractivity contribution in [2.75, 3.05) is 13.9 Å². The number of rotatable bonds is 5. The van der Waals surface area contributed by atoms with Crippen molar-refractivity contribution in [3.8, 4) is 11.5 Å². The summed E-state index contributed by atoms with van der Waals surface area (Å²) in [5.41, 5.74) is 1.15. The van der Waals surface area contributed by atoms with Crippen LogP contribution in [0.1, 0.15) is 20.7 Å². The number of carbonyl (C=O) groups excluding carboxylic acids is 2. The van der Waals surface area contributed by atoms with Crippen LogP contribution in [-0.4, -0.2) is 31.6 Å². The van der Waals surface area contributed by atoms with E-state index in [4.69, 9.17) is 14.6 Å². The highest BCUT2D eigenvalue weighted by Gasteiger charge is 2.01. The number of aldehydes is 2. The van der Waals surface area contributed by atoms with Gasteiger partial charge in [-0.25, -0.2) is 0 Å². The zero-order valence-electron chi connectivity index (χ0n) is 12.2. The van der Waals surface area contributed by atoms with Crippen LogP contribution >= 0.6 is 31.9 Å². The SMILES string of the molecule is COCOc1ccc(C=O)cc1Br.O=Cc1ccc(O)c(Br)c1. The Morgan fingerprint density at radius 1 is 1.00 bits per heavy atom. The molecule has 2 aromatic rings. The molecule has 0 amide bonds. The highest BCUT2D eigenvalue weighted by molar-refractivity contribution is 9.10. The molecule has 122 valence electrons. The third-order valence-electron chi connectivity index (χ3n) is 2.53. The number of phenols is 1. The summed E-state index contributed by atoms with van der Waals surface area (Å²) in [5.74, 6) is 0.804. The largest absolute Gasteiger partial charge is 0.507 e. The summed E-state index contributed by atoms with van der Waals surface area (Å²) in [4.78, 5) is 20.6. The third kappa shape index (κ3) is 6.52. The van der Waals surface area contributed by atoms with Crippen molar-refractivity contribution < 1.29 is 24.2 Å². The lowest BCUT2D eigenvalue weighted by Crippen LogP contribution is -1.99. The van der Waals surface area contributed by atoms with Crippen molar-refractivity contribution in [1.29, 1.82) is 0 Å². The van der Waals surface area contributed by atoms with Gasteiger partial charge in [-0.3, -0.25) is 9.59 Å². The second kappa shape index (κ2) is 10.1. The molecule has 0 spiro atoms. The molecular weight excluding hydrogens is 432 g/mol. The van der Waals surface area contributed by atoms with Gasteiger partial charge >= 0.3 is 0 Å². The number of halogens is 2. The molecule has 0 fully saturated rings. The molecule has 0 atom stereocenters. The number of carbonyl (C=O) groups is 2. The van der Waals surface area contributed by atoms with E-state index in [9.17, 15) is 9.59 Å². The molecule has 0 saturated carbocycles. The molecule has 0 saturated heterocycles. The molecule has 23 heavy (non-hydrogen) atoms. The minimum Gasteiger partial charge on any atom is -0.507 e. The fraction of sp³-hybridized carbons (Fsp3) is 0.125. The monoisotopic (exact) mass is 444 g/mol. The lowest BCUT2D eigenvalue weighted by Gasteiger charge is -2.06. The van der Waals surface area contributed by atoms with E-state index in [1.807, 2.05) is 0 Å². The molecule has 0 radical (unpaired) electrons. The van der Waals surface area contributed by atoms with E-state index < -0.39 is 0 Å². The lowest BCUT2D eigenvalue weighted by atomic mass is 10.2. The minimum atomic E-state index is 0.144. The van der Waals surface area contributed by atoms with Crippen LogP contribution in [0.2, 0.25) is 0 Å². The number of benzene rings is 2. The van der Waals surface area contributed by atoms with E-state index in [1.165, 1.54) is 6.07 Å². The number of phenolic OH excluding ortho intramolecular Hbond substituents is 1. The second-order valence-electron chi connectivity index (χ2n) is 4.19. The predicted molar refractivity (Wildman–Crippen MR) is 93.2 cm³/mol. The molecule has 2 rings (SSSR count). The van der Waals surface area contributed by atoms with Gasteiger partial charge in [0.05, 0.1) is 8.95 Å². The Morgan fingerprint density at radius 3 is 2.04 bits per heavy atom. The van der Waals surface area contributed by atoms with Crippen LogP contribution in [-0.2, 0) is 4.74 Å². The van der Waals surface area contributed by atoms with Gasteiger partial charge in [0.2, 0.25) is 0 Å². The summed E-state index contributed by atoms with van der Waals surface area (Å²) in [6, 6.07) is 9.66. The van der Waals surface area contributed by atoms with Gasteiger partial charge in [0, 0.05) is 18.2 Å². The Hall–Kier alpha value is -1.70. The molecule has 0 bridgehead atoms. The van der Waals surface area contributed by atoms with Crippen LogP contribution < -0.4 is 4.74 Å². The highest BCUT2D eigenvalue weighted by Crippen LogP contribution is 2.25. The van der Waals surface area contributed by atoms with Crippen LogP contribution in [0.3, 0.4) is 0 Å². The highest BCUT2D eigenvalue weighted by atomic mass is 79.9. The van der Waals surface area contributed by atoms with Crippen LogP contribution in [0.25, 0.3) is 0 Å². The van der Waals surface area contributed by atoms with E-state index in [-0.39, 0.29) is 12.5 Å². The number of methoxy groups -OCH3 is 1. The van der Waals surface area contributed by atoms with Crippen molar-refractivity contribution in [3.63, 3.8) is 0 Å². The molecule has 1 N–H and O–H groups in total. The van der Waals surface area contributed by atoms with E-state index >= 15 is 0 Å². The van der Waals surface area contributed by atoms with E-state index in [2.05, 4.69) is 31.9 Å². The van der Waals surface area contributed by atoms with Gasteiger partial charge in [-0.05, 0) is 68.3 Å². The van der Waals surface area contributed by atoms with Crippen LogP contribution in [0.5, 0.6) is 11.5 Å². The molecule has 0 aliphatic rings. The van der Waals surface area contributed by atoms with Gasteiger partial charge in [-0.15, -0.1) is 0 Å². The normalized spacial score (nSPS) is 9.52. The minimum absolute atomic E-state index is 0.144. The lowest BCUT2D eigenvalue weighted by molar-refractivity contribution is 0.0506. The average molecular weight is 446 g/mol. The van der Waals surface area contributed by atoms with Crippen molar-refractivity contribution in [2.24, 2.45) is 0 Å². The summed E-state index contributed by atoms with van der Waals surface area (Å²) in [6.45, 7) is 0.193. The summed E-state index contributed by atoms with van der Waals surface area (Å²) in [7, 11) is 1.55. The number of ether oxygens (including phenoxy) is 2. The third-order valence-corrected chi connectivity index (χ3v) is 3.79. The maximum atomic E-state index is 10.4. The molecule has 7 heteroatoms. The standard InChI is InChI=1S/C9H9BrO3.C7H5BrO2/c1-12-6-13-9-3-2-7(5-11)4-8(9)10;8-6-3-5(4-9)1-2-7(6)10/h2-5H,6H2,1H3;1-4,10H. The number of aromatic hydroxyl groups is 1. The summed E-state index contributed by atoms with van der Waals surface area (Å²) < 4.78 is 11.2. The van der Waals surface area contributed by atoms with Crippen LogP contribution in [0.4, 0.5) is 0 Å². The molecule has 0 aliphatic carbocycles. The molecular formula is C16H14Br2O5. The summed E-state index contributed by atoms with van der Waals surface area (Å²) >= 11 is 6.36. The van der Waals surface area contributed by atoms with Crippen LogP contribution in [0, 0.1) is 0 Å². The fourth-order valence-electron chi connectivity index (χ4n) is 1.43. The Labute approximate surface area is 150 Å². The first-order valence-corrected chi connectivity index (χ1v) is 7.90. The molecule has 0 heterocycles.